The van der Waals surface area contributed by atoms with Crippen LogP contribution >= 0.6 is 0 Å². The van der Waals surface area contributed by atoms with E-state index in [4.69, 9.17) is 5.73 Å². The van der Waals surface area contributed by atoms with Gasteiger partial charge in [0.2, 0.25) is 5.82 Å². The molecule has 5 heteroatoms. The molecule has 9 heavy (non-hydrogen) atoms. The molecule has 0 radical (unpaired) electrons. The molecule has 0 saturated carbocycles. The van der Waals surface area contributed by atoms with Crippen molar-refractivity contribution >= 4 is 5.95 Å². The Morgan fingerprint density at radius 3 is 2.89 bits per heavy atom. The van der Waals surface area contributed by atoms with Crippen molar-refractivity contribution in [1.29, 1.82) is 0 Å². The number of nitrogens with one attached hydrogen (secondary N) is 1. The number of anilines is 1. The molecule has 4 nitrogen and oxygen atoms in total. The zero-order valence-electron chi connectivity index (χ0n) is 4.39. The van der Waals surface area contributed by atoms with Gasteiger partial charge in [0.1, 0.15) is 0 Å². The maximum Gasteiger partial charge on any atom is 0.288 e. The highest BCUT2D eigenvalue weighted by Crippen LogP contribution is 1.84. The topological polar surface area (TPSA) is 71.8 Å². The van der Waals surface area contributed by atoms with Crippen LogP contribution in [0.15, 0.2) is 11.0 Å². The Balaban J connectivity index is 3.34. The first-order valence-electron chi connectivity index (χ1n) is 2.20. The molecule has 1 rings (SSSR count). The van der Waals surface area contributed by atoms with Gasteiger partial charge >= 0.3 is 0 Å². The van der Waals surface area contributed by atoms with Crippen LogP contribution in [0.5, 0.6) is 0 Å². The third kappa shape index (κ3) is 1.04. The van der Waals surface area contributed by atoms with Crippen molar-refractivity contribution in [2.75, 3.05) is 5.73 Å². The Bertz CT molecular complexity index is 269. The van der Waals surface area contributed by atoms with E-state index in [1.54, 1.807) is 0 Å². The summed E-state index contributed by atoms with van der Waals surface area (Å²) in [5.41, 5.74) is 4.15. The highest BCUT2D eigenvalue weighted by atomic mass is 19.1. The molecule has 0 aliphatic carbocycles. The van der Waals surface area contributed by atoms with Gasteiger partial charge in [-0.05, 0) is 0 Å². The first-order valence-corrected chi connectivity index (χ1v) is 2.20. The Labute approximate surface area is 49.5 Å². The van der Waals surface area contributed by atoms with Crippen LogP contribution in [0.25, 0.3) is 0 Å². The summed E-state index contributed by atoms with van der Waals surface area (Å²) in [6, 6.07) is 0. The normalized spacial score (nSPS) is 9.44. The molecule has 0 amide bonds. The number of halogens is 1. The van der Waals surface area contributed by atoms with Crippen LogP contribution in [-0.2, 0) is 0 Å². The molecular formula is C4H4FN3O. The van der Waals surface area contributed by atoms with Gasteiger partial charge in [0.15, 0.2) is 5.95 Å². The second-order valence-electron chi connectivity index (χ2n) is 1.45. The van der Waals surface area contributed by atoms with Crippen molar-refractivity contribution in [3.63, 3.8) is 0 Å². The van der Waals surface area contributed by atoms with Crippen LogP contribution in [0, 0.1) is 5.82 Å². The standard InChI is InChI=1S/C4H4FN3O/c5-2-1-7-4(6)8-3(2)9/h1H,(H3,6,7,8,9). The molecule has 0 fully saturated rings. The monoisotopic (exact) mass is 129 g/mol. The molecule has 1 aromatic heterocycles. The molecule has 0 bridgehead atoms. The van der Waals surface area contributed by atoms with Gasteiger partial charge in [0, 0.05) is 0 Å². The fraction of sp³-hybridized carbons (Fsp3) is 0. The fourth-order valence-electron chi connectivity index (χ4n) is 0.393. The van der Waals surface area contributed by atoms with E-state index in [1.807, 2.05) is 4.98 Å². The number of nitrogens with zero attached hydrogens (tertiary/aromatic N) is 1. The summed E-state index contributed by atoms with van der Waals surface area (Å²) >= 11 is 0. The second kappa shape index (κ2) is 1.85. The predicted molar refractivity (Wildman–Crippen MR) is 29.2 cm³/mol. The summed E-state index contributed by atoms with van der Waals surface area (Å²) in [4.78, 5) is 15.6. The van der Waals surface area contributed by atoms with Crippen molar-refractivity contribution < 1.29 is 4.39 Å². The molecule has 0 saturated heterocycles. The van der Waals surface area contributed by atoms with Crippen molar-refractivity contribution in [2.45, 2.75) is 0 Å². The van der Waals surface area contributed by atoms with E-state index in [0.717, 1.165) is 6.20 Å². The summed E-state index contributed by atoms with van der Waals surface area (Å²) in [6.07, 6.45) is 0.772. The van der Waals surface area contributed by atoms with E-state index in [0.29, 0.717) is 0 Å². The third-order valence-corrected chi connectivity index (χ3v) is 0.775. The lowest BCUT2D eigenvalue weighted by Gasteiger charge is -1.87. The van der Waals surface area contributed by atoms with Gasteiger partial charge in [-0.2, -0.15) is 4.39 Å². The van der Waals surface area contributed by atoms with Crippen molar-refractivity contribution in [2.24, 2.45) is 0 Å². The number of H-pyrrole nitrogens is 1. The average Bonchev–Trinajstić information content (AvgIpc) is 1.80. The lowest BCUT2D eigenvalue weighted by Crippen LogP contribution is -2.13. The minimum Gasteiger partial charge on any atom is -0.369 e. The molecule has 0 atom stereocenters. The van der Waals surface area contributed by atoms with E-state index in [9.17, 15) is 9.18 Å². The SMILES string of the molecule is Nc1ncc(F)c(=O)[nH]1. The highest BCUT2D eigenvalue weighted by molar-refractivity contribution is 5.12. The molecule has 1 heterocycles. The van der Waals surface area contributed by atoms with Crippen LogP contribution < -0.4 is 11.3 Å². The van der Waals surface area contributed by atoms with E-state index < -0.39 is 11.4 Å². The average molecular weight is 129 g/mol. The Hall–Kier alpha value is -1.39. The minimum atomic E-state index is -0.927. The Kier molecular flexibility index (Phi) is 1.18. The van der Waals surface area contributed by atoms with Crippen LogP contribution in [0.4, 0.5) is 10.3 Å². The van der Waals surface area contributed by atoms with Crippen molar-refractivity contribution in [3.05, 3.63) is 22.4 Å². The molecular weight excluding hydrogens is 125 g/mol. The van der Waals surface area contributed by atoms with Gasteiger partial charge in [0.25, 0.3) is 5.56 Å². The minimum absolute atomic E-state index is 0.0820. The molecule has 0 aliphatic heterocycles. The molecule has 0 unspecified atom stereocenters. The molecule has 1 aromatic rings. The molecule has 0 spiro atoms. The highest BCUT2D eigenvalue weighted by Gasteiger charge is 1.95. The number of nitrogen functional groups attached to an aromatic ring is 1. The lowest BCUT2D eigenvalue weighted by molar-refractivity contribution is 0.601. The number of hydrogen-bond donors (Lipinski definition) is 2. The second-order valence-corrected chi connectivity index (χ2v) is 1.45. The van der Waals surface area contributed by atoms with E-state index in [1.165, 1.54) is 0 Å². The first-order chi connectivity index (χ1) is 4.20. The van der Waals surface area contributed by atoms with Crippen LogP contribution in [-0.4, -0.2) is 9.97 Å². The number of nitrogens with two attached hydrogens (primary N) is 1. The summed E-state index contributed by atoms with van der Waals surface area (Å²) in [5, 5.41) is 0. The number of aromatic nitrogens is 2. The van der Waals surface area contributed by atoms with Crippen LogP contribution in [0.3, 0.4) is 0 Å². The van der Waals surface area contributed by atoms with Crippen LogP contribution in [0.1, 0.15) is 0 Å². The van der Waals surface area contributed by atoms with Crippen molar-refractivity contribution in [1.82, 2.24) is 9.97 Å². The quantitative estimate of drug-likeness (QED) is 0.495. The number of rotatable bonds is 0. The summed E-state index contributed by atoms with van der Waals surface area (Å²) in [7, 11) is 0. The first kappa shape index (κ1) is 5.74. The Morgan fingerprint density at radius 1 is 1.78 bits per heavy atom. The number of hydrogen-bond acceptors (Lipinski definition) is 3. The maximum atomic E-state index is 12.0. The zero-order chi connectivity index (χ0) is 6.85. The van der Waals surface area contributed by atoms with Gasteiger partial charge in [0.05, 0.1) is 6.20 Å². The van der Waals surface area contributed by atoms with Gasteiger partial charge in [-0.25, -0.2) is 4.98 Å². The van der Waals surface area contributed by atoms with Crippen LogP contribution in [0.2, 0.25) is 0 Å². The van der Waals surface area contributed by atoms with Gasteiger partial charge < -0.3 is 5.73 Å². The predicted octanol–water partition coefficient (Wildman–Crippen LogP) is -0.509. The summed E-state index contributed by atoms with van der Waals surface area (Å²) in [6.45, 7) is 0. The smallest absolute Gasteiger partial charge is 0.288 e. The van der Waals surface area contributed by atoms with E-state index >= 15 is 0 Å². The van der Waals surface area contributed by atoms with Gasteiger partial charge in [-0.1, -0.05) is 0 Å². The molecule has 48 valence electrons. The summed E-state index contributed by atoms with van der Waals surface area (Å²) in [5.74, 6) is -1.01. The van der Waals surface area contributed by atoms with Gasteiger partial charge in [-0.3, -0.25) is 9.78 Å². The third-order valence-electron chi connectivity index (χ3n) is 0.775. The molecule has 3 N–H and O–H groups in total. The summed E-state index contributed by atoms with van der Waals surface area (Å²) < 4.78 is 12.0. The maximum absolute atomic E-state index is 12.0. The lowest BCUT2D eigenvalue weighted by atomic mass is 10.6. The molecule has 0 aromatic carbocycles. The zero-order valence-corrected chi connectivity index (χ0v) is 4.39. The van der Waals surface area contributed by atoms with E-state index in [-0.39, 0.29) is 5.95 Å². The van der Waals surface area contributed by atoms with E-state index in [2.05, 4.69) is 4.98 Å². The van der Waals surface area contributed by atoms with Gasteiger partial charge in [-0.15, -0.1) is 0 Å². The molecule has 0 aliphatic rings. The fourth-order valence-corrected chi connectivity index (χ4v) is 0.393. The largest absolute Gasteiger partial charge is 0.369 e. The van der Waals surface area contributed by atoms with Crippen molar-refractivity contribution in [3.8, 4) is 0 Å². The Morgan fingerprint density at radius 2 is 2.44 bits per heavy atom. The number of aromatic amines is 1.